The molecule has 2 aromatic rings. The second-order valence-corrected chi connectivity index (χ2v) is 7.10. The summed E-state index contributed by atoms with van der Waals surface area (Å²) in [4.78, 5) is 38.0. The molecule has 0 radical (unpaired) electrons. The van der Waals surface area contributed by atoms with Crippen LogP contribution in [0, 0.1) is 17.0 Å². The smallest absolute Gasteiger partial charge is 0.328 e. The third-order valence-corrected chi connectivity index (χ3v) is 5.31. The predicted molar refractivity (Wildman–Crippen MR) is 101 cm³/mol. The van der Waals surface area contributed by atoms with Crippen LogP contribution in [0.2, 0.25) is 0 Å². The Morgan fingerprint density at radius 1 is 0.724 bits per heavy atom. The van der Waals surface area contributed by atoms with Crippen molar-refractivity contribution in [3.05, 3.63) is 71.3 Å². The third-order valence-electron chi connectivity index (χ3n) is 5.07. The Labute approximate surface area is 168 Å². The minimum atomic E-state index is -1.91. The molecule has 2 aromatic carbocycles. The van der Waals surface area contributed by atoms with E-state index in [2.05, 4.69) is 21.3 Å². The van der Waals surface area contributed by atoms with E-state index in [9.17, 15) is 23.2 Å². The number of urea groups is 1. The Kier molecular flexibility index (Phi) is 4.50. The number of hydrogen-bond acceptors (Lipinski definition) is 4. The fourth-order valence-corrected chi connectivity index (χ4v) is 4.01. The molecule has 10 heteroatoms. The van der Waals surface area contributed by atoms with Crippen molar-refractivity contribution in [2.75, 3.05) is 0 Å². The number of amides is 4. The van der Waals surface area contributed by atoms with Crippen molar-refractivity contribution < 1.29 is 23.2 Å². The average molecular weight is 416 g/mol. The molecule has 29 heavy (non-hydrogen) atoms. The van der Waals surface area contributed by atoms with Gasteiger partial charge in [0.2, 0.25) is 11.8 Å². The van der Waals surface area contributed by atoms with Crippen LogP contribution in [0.5, 0.6) is 0 Å². The van der Waals surface area contributed by atoms with Crippen LogP contribution in [0.15, 0.2) is 48.5 Å². The molecule has 148 valence electrons. The molecule has 4 amide bonds. The number of rotatable bonds is 2. The van der Waals surface area contributed by atoms with Crippen LogP contribution in [-0.4, -0.2) is 23.0 Å². The van der Waals surface area contributed by atoms with E-state index in [-0.39, 0.29) is 5.11 Å². The molecule has 0 aliphatic carbocycles. The molecule has 0 saturated carbocycles. The quantitative estimate of drug-likeness (QED) is 0.438. The van der Waals surface area contributed by atoms with Gasteiger partial charge in [-0.1, -0.05) is 24.3 Å². The lowest BCUT2D eigenvalue weighted by atomic mass is 9.65. The largest absolute Gasteiger partial charge is 0.354 e. The van der Waals surface area contributed by atoms with Crippen LogP contribution >= 0.6 is 12.2 Å². The van der Waals surface area contributed by atoms with E-state index in [0.29, 0.717) is 11.1 Å². The molecule has 2 saturated heterocycles. The Balaban J connectivity index is 1.93. The molecule has 0 aromatic heterocycles. The summed E-state index contributed by atoms with van der Waals surface area (Å²) >= 11 is 5.26. The number of benzene rings is 2. The summed E-state index contributed by atoms with van der Waals surface area (Å²) < 4.78 is 26.9. The van der Waals surface area contributed by atoms with Gasteiger partial charge in [0, 0.05) is 0 Å². The van der Waals surface area contributed by atoms with Gasteiger partial charge in [-0.15, -0.1) is 0 Å². The minimum Gasteiger partial charge on any atom is -0.354 e. The van der Waals surface area contributed by atoms with Gasteiger partial charge in [-0.3, -0.25) is 20.2 Å². The highest BCUT2D eigenvalue weighted by molar-refractivity contribution is 7.80. The van der Waals surface area contributed by atoms with Gasteiger partial charge in [-0.25, -0.2) is 13.6 Å². The van der Waals surface area contributed by atoms with Gasteiger partial charge < -0.3 is 10.6 Å². The maximum Gasteiger partial charge on any atom is 0.328 e. The van der Waals surface area contributed by atoms with Crippen LogP contribution in [0.25, 0.3) is 0 Å². The second-order valence-electron chi connectivity index (χ2n) is 6.69. The molecular weight excluding hydrogens is 402 g/mol. The lowest BCUT2D eigenvalue weighted by molar-refractivity contribution is -0.149. The van der Waals surface area contributed by atoms with Gasteiger partial charge in [-0.2, -0.15) is 0 Å². The highest BCUT2D eigenvalue weighted by atomic mass is 32.1. The van der Waals surface area contributed by atoms with Gasteiger partial charge in [0.05, 0.1) is 12.1 Å². The molecule has 2 aliphatic rings. The van der Waals surface area contributed by atoms with E-state index < -0.39 is 47.0 Å². The summed E-state index contributed by atoms with van der Waals surface area (Å²) in [5.74, 6) is -2.72. The molecular formula is C19H14F2N4O3S. The van der Waals surface area contributed by atoms with Crippen molar-refractivity contribution in [3.8, 4) is 0 Å². The van der Waals surface area contributed by atoms with Crippen molar-refractivity contribution >= 4 is 35.2 Å². The molecule has 1 spiro atoms. The van der Waals surface area contributed by atoms with Crippen molar-refractivity contribution in [2.24, 2.45) is 5.41 Å². The first-order valence-electron chi connectivity index (χ1n) is 8.57. The number of halogens is 2. The minimum absolute atomic E-state index is 0.136. The summed E-state index contributed by atoms with van der Waals surface area (Å²) in [5, 5.41) is 10.2. The van der Waals surface area contributed by atoms with E-state index >= 15 is 0 Å². The van der Waals surface area contributed by atoms with E-state index in [1.165, 1.54) is 48.5 Å². The first kappa shape index (κ1) is 18.9. The number of hydrogen-bond donors (Lipinski definition) is 4. The lowest BCUT2D eigenvalue weighted by Crippen LogP contribution is -2.73. The number of carbonyl (C=O) groups excluding carboxylic acids is 3. The van der Waals surface area contributed by atoms with Crippen LogP contribution in [0.1, 0.15) is 23.2 Å². The lowest BCUT2D eigenvalue weighted by Gasteiger charge is -2.49. The number of barbiturate groups is 1. The first-order valence-corrected chi connectivity index (χ1v) is 8.98. The van der Waals surface area contributed by atoms with Crippen LogP contribution in [-0.2, 0) is 9.59 Å². The summed E-state index contributed by atoms with van der Waals surface area (Å²) in [6, 6.07) is 7.42. The molecule has 4 rings (SSSR count). The standard InChI is InChI=1S/C19H14F2N4O3S/c20-11-5-1-9(2-6-11)13-19(15(26)24-17(28)25-16(19)27)14(23-18(29)22-13)10-3-7-12(21)8-4-10/h1-8,13-14H,(H2,22,23,29)(H2,24,25,26,27,28)/t13-,14-/m1/s1. The monoisotopic (exact) mass is 416 g/mol. The summed E-state index contributed by atoms with van der Waals surface area (Å²) in [6.45, 7) is 0. The SMILES string of the molecule is O=C1NC(=O)C2(C(=O)N1)[C@@H](c1ccc(F)cc1)NC(=S)N[C@@H]2c1ccc(F)cc1. The van der Waals surface area contributed by atoms with Gasteiger partial charge >= 0.3 is 6.03 Å². The van der Waals surface area contributed by atoms with Gasteiger partial charge in [0.15, 0.2) is 10.5 Å². The number of imide groups is 2. The molecule has 0 bridgehead atoms. The number of carbonyl (C=O) groups is 3. The van der Waals surface area contributed by atoms with E-state index in [1.54, 1.807) is 0 Å². The van der Waals surface area contributed by atoms with E-state index in [0.717, 1.165) is 0 Å². The molecule has 0 unspecified atom stereocenters. The van der Waals surface area contributed by atoms with Gasteiger partial charge in [0.25, 0.3) is 0 Å². The van der Waals surface area contributed by atoms with Crippen LogP contribution in [0.3, 0.4) is 0 Å². The second kappa shape index (κ2) is 6.89. The van der Waals surface area contributed by atoms with Gasteiger partial charge in [0.1, 0.15) is 11.6 Å². The van der Waals surface area contributed by atoms with Crippen molar-refractivity contribution in [1.82, 2.24) is 21.3 Å². The zero-order valence-electron chi connectivity index (χ0n) is 14.7. The average Bonchev–Trinajstić information content (AvgIpc) is 2.67. The Morgan fingerprint density at radius 2 is 1.10 bits per heavy atom. The number of thiocarbonyl (C=S) groups is 1. The van der Waals surface area contributed by atoms with Gasteiger partial charge in [-0.05, 0) is 47.6 Å². The molecule has 7 nitrogen and oxygen atoms in total. The molecule has 4 N–H and O–H groups in total. The fourth-order valence-electron chi connectivity index (χ4n) is 3.77. The molecule has 2 heterocycles. The Morgan fingerprint density at radius 3 is 1.48 bits per heavy atom. The topological polar surface area (TPSA) is 99.3 Å². The molecule has 2 fully saturated rings. The molecule has 2 atom stereocenters. The maximum atomic E-state index is 13.5. The van der Waals surface area contributed by atoms with E-state index in [4.69, 9.17) is 12.2 Å². The highest BCUT2D eigenvalue weighted by Gasteiger charge is 2.63. The van der Waals surface area contributed by atoms with Crippen molar-refractivity contribution in [2.45, 2.75) is 12.1 Å². The third kappa shape index (κ3) is 3.01. The Hall–Kier alpha value is -3.40. The Bertz CT molecular complexity index is 947. The van der Waals surface area contributed by atoms with Crippen LogP contribution < -0.4 is 21.3 Å². The highest BCUT2D eigenvalue weighted by Crippen LogP contribution is 2.48. The first-order chi connectivity index (χ1) is 13.8. The normalized spacial score (nSPS) is 23.1. The molecule has 2 aliphatic heterocycles. The van der Waals surface area contributed by atoms with Crippen molar-refractivity contribution in [3.63, 3.8) is 0 Å². The maximum absolute atomic E-state index is 13.5. The summed E-state index contributed by atoms with van der Waals surface area (Å²) in [5.41, 5.74) is -1.10. The zero-order valence-corrected chi connectivity index (χ0v) is 15.5. The number of nitrogens with one attached hydrogen (secondary N) is 4. The fraction of sp³-hybridized carbons (Fsp3) is 0.158. The summed E-state index contributed by atoms with van der Waals surface area (Å²) in [7, 11) is 0. The zero-order chi connectivity index (χ0) is 20.8. The predicted octanol–water partition coefficient (Wildman–Crippen LogP) is 1.58. The summed E-state index contributed by atoms with van der Waals surface area (Å²) in [6.07, 6.45) is 0. The van der Waals surface area contributed by atoms with Crippen LogP contribution in [0.4, 0.5) is 13.6 Å². The van der Waals surface area contributed by atoms with Crippen molar-refractivity contribution in [1.29, 1.82) is 0 Å². The van der Waals surface area contributed by atoms with E-state index in [1.807, 2.05) is 0 Å².